The van der Waals surface area contributed by atoms with E-state index in [-0.39, 0.29) is 29.3 Å². The van der Waals surface area contributed by atoms with Crippen LogP contribution in [-0.4, -0.2) is 51.8 Å². The van der Waals surface area contributed by atoms with E-state index in [1.165, 1.54) is 16.8 Å². The zero-order valence-electron chi connectivity index (χ0n) is 20.1. The number of carbonyl (C=O) groups is 4. The van der Waals surface area contributed by atoms with Crippen LogP contribution in [0.5, 0.6) is 0 Å². The Morgan fingerprint density at radius 3 is 2.30 bits per heavy atom. The number of hydrogen-bond donors (Lipinski definition) is 0. The van der Waals surface area contributed by atoms with Crippen LogP contribution < -0.4 is 4.90 Å². The summed E-state index contributed by atoms with van der Waals surface area (Å²) < 4.78 is 19.9. The van der Waals surface area contributed by atoms with Crippen LogP contribution in [0, 0.1) is 25.6 Å². The molecule has 2 aromatic carbocycles. The molecule has 0 saturated carbocycles. The normalized spacial score (nSPS) is 18.5. The van der Waals surface area contributed by atoms with Gasteiger partial charge in [-0.05, 0) is 57.2 Å². The first-order chi connectivity index (χ1) is 17.7. The Hall–Kier alpha value is -4.67. The predicted octanol–water partition coefficient (Wildman–Crippen LogP) is 2.93. The lowest BCUT2D eigenvalue weighted by atomic mass is 9.92. The van der Waals surface area contributed by atoms with E-state index in [0.717, 1.165) is 22.6 Å². The molecule has 5 rings (SSSR count). The van der Waals surface area contributed by atoms with Gasteiger partial charge in [0, 0.05) is 0 Å². The molecule has 3 heterocycles. The van der Waals surface area contributed by atoms with E-state index in [4.69, 9.17) is 9.57 Å². The molecule has 0 bridgehead atoms. The van der Waals surface area contributed by atoms with Crippen molar-refractivity contribution in [3.05, 3.63) is 76.9 Å². The number of Topliss-reactive ketones (excluding diaryl/α,β-unsaturated/α-hetero) is 1. The molecule has 1 aromatic heterocycles. The molecule has 2 aliphatic heterocycles. The molecule has 0 N–H and O–H groups in total. The first kappa shape index (κ1) is 24.0. The second-order valence-electron chi connectivity index (χ2n) is 8.57. The smallest absolute Gasteiger partial charge is 0.359 e. The first-order valence-electron chi connectivity index (χ1n) is 11.5. The van der Waals surface area contributed by atoms with E-state index in [0.29, 0.717) is 11.4 Å². The van der Waals surface area contributed by atoms with E-state index < -0.39 is 41.4 Å². The zero-order valence-corrected chi connectivity index (χ0v) is 20.1. The molecule has 2 amide bonds. The van der Waals surface area contributed by atoms with E-state index in [2.05, 4.69) is 10.3 Å². The van der Waals surface area contributed by atoms with Gasteiger partial charge in [0.2, 0.25) is 17.8 Å². The van der Waals surface area contributed by atoms with E-state index in [1.807, 2.05) is 19.1 Å². The van der Waals surface area contributed by atoms with E-state index >= 15 is 0 Å². The molecule has 188 valence electrons. The summed E-state index contributed by atoms with van der Waals surface area (Å²) >= 11 is 0. The molecular weight excluding hydrogens is 483 g/mol. The van der Waals surface area contributed by atoms with Crippen molar-refractivity contribution in [3.8, 4) is 5.69 Å². The van der Waals surface area contributed by atoms with Crippen molar-refractivity contribution < 1.29 is 33.1 Å². The maximum atomic E-state index is 13.8. The number of nitrogens with zero attached hydrogens (tertiary/aromatic N) is 4. The number of rotatable bonds is 6. The Bertz CT molecular complexity index is 1480. The molecule has 0 radical (unpaired) electrons. The highest BCUT2D eigenvalue weighted by molar-refractivity contribution is 6.53. The molecule has 11 heteroatoms. The number of fused-ring (bicyclic) bond motifs is 1. The molecular formula is C26H21FN4O6. The molecule has 37 heavy (non-hydrogen) atoms. The maximum absolute atomic E-state index is 13.8. The van der Waals surface area contributed by atoms with Crippen LogP contribution in [0.2, 0.25) is 0 Å². The molecule has 2 atom stereocenters. The molecule has 0 aliphatic carbocycles. The lowest BCUT2D eigenvalue weighted by Crippen LogP contribution is -2.34. The molecule has 3 aromatic rings. The number of benzene rings is 2. The van der Waals surface area contributed by atoms with Crippen LogP contribution in [0.4, 0.5) is 10.1 Å². The Kier molecular flexibility index (Phi) is 5.90. The third-order valence-electron chi connectivity index (χ3n) is 6.22. The summed E-state index contributed by atoms with van der Waals surface area (Å²) in [6.45, 7) is 5.19. The van der Waals surface area contributed by atoms with Crippen molar-refractivity contribution in [1.29, 1.82) is 0 Å². The quantitative estimate of drug-likeness (QED) is 0.288. The average Bonchev–Trinajstić information content (AvgIpc) is 3.53. The third-order valence-corrected chi connectivity index (χ3v) is 6.22. The fourth-order valence-corrected chi connectivity index (χ4v) is 4.39. The topological polar surface area (TPSA) is 120 Å². The van der Waals surface area contributed by atoms with Gasteiger partial charge in [-0.15, -0.1) is 0 Å². The highest BCUT2D eigenvalue weighted by atomic mass is 19.1. The number of aryl methyl sites for hydroxylation is 1. The minimum atomic E-state index is -1.35. The number of hydrogen-bond acceptors (Lipinski definition) is 8. The summed E-state index contributed by atoms with van der Waals surface area (Å²) in [6.07, 6.45) is -1.35. The maximum Gasteiger partial charge on any atom is 0.359 e. The fraction of sp³-hybridized carbons (Fsp3) is 0.231. The Labute approximate surface area is 210 Å². The Morgan fingerprint density at radius 2 is 1.65 bits per heavy atom. The summed E-state index contributed by atoms with van der Waals surface area (Å²) in [7, 11) is 0. The summed E-state index contributed by atoms with van der Waals surface area (Å²) in [5, 5.41) is 8.11. The van der Waals surface area contributed by atoms with E-state index in [9.17, 15) is 23.6 Å². The van der Waals surface area contributed by atoms with Crippen LogP contribution in [0.1, 0.15) is 39.0 Å². The van der Waals surface area contributed by atoms with Crippen molar-refractivity contribution in [1.82, 2.24) is 9.78 Å². The van der Waals surface area contributed by atoms with Crippen molar-refractivity contribution in [3.63, 3.8) is 0 Å². The van der Waals surface area contributed by atoms with Crippen molar-refractivity contribution in [2.24, 2.45) is 11.1 Å². The van der Waals surface area contributed by atoms with Crippen LogP contribution in [0.15, 0.2) is 53.7 Å². The SMILES string of the molecule is CCOC(=O)c1nn(-c2ccc(C)cc2)c(C)c1C(=O)C1=NO[C@@H]2C(=O)N(c3ccc(F)cc3)C(=O)[C@H]12. The molecule has 10 nitrogen and oxygen atoms in total. The van der Waals surface area contributed by atoms with Crippen LogP contribution >= 0.6 is 0 Å². The number of anilines is 1. The minimum Gasteiger partial charge on any atom is -0.461 e. The number of imide groups is 1. The average molecular weight is 504 g/mol. The Morgan fingerprint density at radius 1 is 1.00 bits per heavy atom. The van der Waals surface area contributed by atoms with Gasteiger partial charge in [-0.2, -0.15) is 5.10 Å². The highest BCUT2D eigenvalue weighted by Gasteiger charge is 2.58. The number of amides is 2. The first-order valence-corrected chi connectivity index (χ1v) is 11.5. The summed E-state index contributed by atoms with van der Waals surface area (Å²) in [4.78, 5) is 58.8. The van der Waals surface area contributed by atoms with Gasteiger partial charge in [0.05, 0.1) is 29.2 Å². The van der Waals surface area contributed by atoms with Crippen LogP contribution in [0.25, 0.3) is 5.69 Å². The van der Waals surface area contributed by atoms with Crippen molar-refractivity contribution in [2.45, 2.75) is 26.9 Å². The van der Waals surface area contributed by atoms with Gasteiger partial charge in [0.1, 0.15) is 17.4 Å². The number of carbonyl (C=O) groups excluding carboxylic acids is 4. The lowest BCUT2D eigenvalue weighted by Gasteiger charge is -2.15. The van der Waals surface area contributed by atoms with Gasteiger partial charge in [0.25, 0.3) is 5.91 Å². The third kappa shape index (κ3) is 3.88. The van der Waals surface area contributed by atoms with Crippen LogP contribution in [-0.2, 0) is 19.2 Å². The molecule has 1 fully saturated rings. The molecule has 0 spiro atoms. The van der Waals surface area contributed by atoms with Crippen molar-refractivity contribution >= 4 is 35.0 Å². The second-order valence-corrected chi connectivity index (χ2v) is 8.57. The number of oxime groups is 1. The van der Waals surface area contributed by atoms with Gasteiger partial charge in [-0.3, -0.25) is 14.4 Å². The van der Waals surface area contributed by atoms with Gasteiger partial charge in [-0.1, -0.05) is 22.9 Å². The predicted molar refractivity (Wildman–Crippen MR) is 128 cm³/mol. The van der Waals surface area contributed by atoms with Crippen LogP contribution in [0.3, 0.4) is 0 Å². The summed E-state index contributed by atoms with van der Waals surface area (Å²) in [5.74, 6) is -4.95. The number of ether oxygens (including phenoxy) is 1. The molecule has 1 saturated heterocycles. The minimum absolute atomic E-state index is 0.0529. The lowest BCUT2D eigenvalue weighted by molar-refractivity contribution is -0.126. The Balaban J connectivity index is 1.54. The van der Waals surface area contributed by atoms with E-state index in [1.54, 1.807) is 26.0 Å². The van der Waals surface area contributed by atoms with Crippen molar-refractivity contribution in [2.75, 3.05) is 11.5 Å². The largest absolute Gasteiger partial charge is 0.461 e. The monoisotopic (exact) mass is 504 g/mol. The standard InChI is InChI=1S/C26H21FN4O6/c1-4-36-26(35)21-18(14(3)31(28-21)17-9-5-13(2)6-10-17)22(32)20-19-23(37-29-20)25(34)30(24(19)33)16-11-7-15(27)8-12-16/h5-12,19,23H,4H2,1-3H3/t19-,23+/m1/s1. The van der Waals surface area contributed by atoms with Gasteiger partial charge in [-0.25, -0.2) is 18.8 Å². The molecule has 2 aliphatic rings. The second kappa shape index (κ2) is 9.08. The van der Waals surface area contributed by atoms with Gasteiger partial charge < -0.3 is 9.57 Å². The summed E-state index contributed by atoms with van der Waals surface area (Å²) in [5.41, 5.74) is 1.38. The van der Waals surface area contributed by atoms with Gasteiger partial charge in [0.15, 0.2) is 5.69 Å². The van der Waals surface area contributed by atoms with Gasteiger partial charge >= 0.3 is 5.97 Å². The summed E-state index contributed by atoms with van der Waals surface area (Å²) in [6, 6.07) is 12.1. The number of halogens is 1. The highest BCUT2D eigenvalue weighted by Crippen LogP contribution is 2.35. The number of ketones is 1. The zero-order chi connectivity index (χ0) is 26.4. The number of esters is 1. The fourth-order valence-electron chi connectivity index (χ4n) is 4.39. The molecule has 0 unspecified atom stereocenters. The number of aromatic nitrogens is 2.